The third-order valence-corrected chi connectivity index (χ3v) is 12.9. The average molecular weight is 777 g/mol. The quantitative estimate of drug-likeness (QED) is 0.156. The molecule has 0 spiro atoms. The number of nitrogens with zero attached hydrogens (tertiary/aromatic N) is 2. The number of para-hydroxylation sites is 2. The molecule has 2 nitrogen and oxygen atoms in total. The zero-order valence-corrected chi connectivity index (χ0v) is 33.5. The zero-order chi connectivity index (χ0) is 40.3. The smallest absolute Gasteiger partial charge is 0.0713 e. The van der Waals surface area contributed by atoms with Crippen molar-refractivity contribution < 1.29 is 0 Å². The van der Waals surface area contributed by atoms with Crippen molar-refractivity contribution in [3.05, 3.63) is 265 Å². The van der Waals surface area contributed by atoms with E-state index in [2.05, 4.69) is 252 Å². The van der Waals surface area contributed by atoms with Gasteiger partial charge in [0, 0.05) is 33.2 Å². The lowest BCUT2D eigenvalue weighted by Crippen LogP contribution is -2.28. The van der Waals surface area contributed by atoms with E-state index in [-0.39, 0.29) is 0 Å². The predicted molar refractivity (Wildman–Crippen MR) is 256 cm³/mol. The Bertz CT molecular complexity index is 3300. The molecular formula is C59H40N2. The van der Waals surface area contributed by atoms with E-state index in [1.165, 1.54) is 77.1 Å². The summed E-state index contributed by atoms with van der Waals surface area (Å²) in [6.07, 6.45) is 0. The third kappa shape index (κ3) is 5.43. The van der Waals surface area contributed by atoms with E-state index in [9.17, 15) is 0 Å². The highest BCUT2D eigenvalue weighted by molar-refractivity contribution is 6.09. The van der Waals surface area contributed by atoms with Gasteiger partial charge in [-0.2, -0.15) is 0 Å². The Morgan fingerprint density at radius 1 is 0.344 bits per heavy atom. The van der Waals surface area contributed by atoms with E-state index < -0.39 is 5.41 Å². The van der Waals surface area contributed by atoms with Gasteiger partial charge in [0.2, 0.25) is 0 Å². The molecule has 0 unspecified atom stereocenters. The van der Waals surface area contributed by atoms with Crippen molar-refractivity contribution in [2.45, 2.75) is 5.41 Å². The fourth-order valence-corrected chi connectivity index (χ4v) is 10.2. The summed E-state index contributed by atoms with van der Waals surface area (Å²) in [5.74, 6) is 0. The first-order valence-electron chi connectivity index (χ1n) is 21.1. The highest BCUT2D eigenvalue weighted by Crippen LogP contribution is 2.57. The Balaban J connectivity index is 0.987. The summed E-state index contributed by atoms with van der Waals surface area (Å²) in [6.45, 7) is 0. The van der Waals surface area contributed by atoms with Crippen LogP contribution in [0.25, 0.3) is 60.5 Å². The molecular weight excluding hydrogens is 737 g/mol. The van der Waals surface area contributed by atoms with E-state index in [1.54, 1.807) is 0 Å². The third-order valence-electron chi connectivity index (χ3n) is 12.9. The van der Waals surface area contributed by atoms with Crippen molar-refractivity contribution in [3.63, 3.8) is 0 Å². The second-order valence-electron chi connectivity index (χ2n) is 16.1. The van der Waals surface area contributed by atoms with E-state index in [0.717, 1.165) is 22.7 Å². The summed E-state index contributed by atoms with van der Waals surface area (Å²) in [5.41, 5.74) is 16.5. The van der Waals surface area contributed by atoms with Crippen molar-refractivity contribution >= 4 is 49.6 Å². The molecule has 1 aliphatic rings. The summed E-state index contributed by atoms with van der Waals surface area (Å²) >= 11 is 0. The molecule has 0 saturated heterocycles. The van der Waals surface area contributed by atoms with Gasteiger partial charge in [0.15, 0.2) is 0 Å². The number of anilines is 3. The molecule has 11 aromatic rings. The monoisotopic (exact) mass is 776 g/mol. The Morgan fingerprint density at radius 3 is 1.52 bits per heavy atom. The number of aromatic nitrogens is 1. The van der Waals surface area contributed by atoms with Crippen LogP contribution in [0.5, 0.6) is 0 Å². The summed E-state index contributed by atoms with van der Waals surface area (Å²) in [6, 6.07) is 89.0. The van der Waals surface area contributed by atoms with Crippen LogP contribution in [-0.4, -0.2) is 4.57 Å². The lowest BCUT2D eigenvalue weighted by molar-refractivity contribution is 0.768. The van der Waals surface area contributed by atoms with Crippen LogP contribution in [0.1, 0.15) is 22.3 Å². The Labute approximate surface area is 355 Å². The first-order valence-corrected chi connectivity index (χ1v) is 21.1. The van der Waals surface area contributed by atoms with Gasteiger partial charge in [-0.1, -0.05) is 188 Å². The molecule has 2 heteroatoms. The van der Waals surface area contributed by atoms with Gasteiger partial charge in [-0.3, -0.25) is 0 Å². The Kier molecular flexibility index (Phi) is 8.11. The molecule has 10 aromatic carbocycles. The van der Waals surface area contributed by atoms with Gasteiger partial charge in [0.05, 0.1) is 22.1 Å². The second-order valence-corrected chi connectivity index (χ2v) is 16.1. The van der Waals surface area contributed by atoms with E-state index in [0.29, 0.717) is 0 Å². The van der Waals surface area contributed by atoms with Crippen molar-refractivity contribution in [1.29, 1.82) is 0 Å². The SMILES string of the molecule is c1ccc(C2(c3ccccc3)c3ccccc3-c3cc(N(c4ccc(-c5ccc(-n6c7ccccc7c7ccccc76)cc5)cc4)c4cccc5ccccc45)ccc32)cc1. The maximum Gasteiger partial charge on any atom is 0.0713 e. The molecule has 61 heavy (non-hydrogen) atoms. The molecule has 0 radical (unpaired) electrons. The first-order chi connectivity index (χ1) is 30.3. The van der Waals surface area contributed by atoms with Crippen molar-refractivity contribution in [1.82, 2.24) is 4.57 Å². The van der Waals surface area contributed by atoms with Gasteiger partial charge in [-0.25, -0.2) is 0 Å². The highest BCUT2D eigenvalue weighted by Gasteiger charge is 2.46. The van der Waals surface area contributed by atoms with Gasteiger partial charge in [0.1, 0.15) is 0 Å². The second kappa shape index (κ2) is 14.1. The van der Waals surface area contributed by atoms with Gasteiger partial charge in [0.25, 0.3) is 0 Å². The molecule has 12 rings (SSSR count). The summed E-state index contributed by atoms with van der Waals surface area (Å²) in [4.78, 5) is 2.44. The van der Waals surface area contributed by atoms with Crippen LogP contribution in [0, 0.1) is 0 Å². The molecule has 0 bridgehead atoms. The molecule has 0 fully saturated rings. The molecule has 286 valence electrons. The summed E-state index contributed by atoms with van der Waals surface area (Å²) in [7, 11) is 0. The fraction of sp³-hybridized carbons (Fsp3) is 0.0169. The molecule has 0 N–H and O–H groups in total. The van der Waals surface area contributed by atoms with Crippen LogP contribution < -0.4 is 4.90 Å². The van der Waals surface area contributed by atoms with Crippen LogP contribution in [0.4, 0.5) is 17.1 Å². The van der Waals surface area contributed by atoms with E-state index in [1.807, 2.05) is 0 Å². The number of benzene rings is 10. The minimum atomic E-state index is -0.448. The lowest BCUT2D eigenvalue weighted by Gasteiger charge is -2.34. The molecule has 1 aliphatic carbocycles. The molecule has 0 atom stereocenters. The van der Waals surface area contributed by atoms with Crippen molar-refractivity contribution in [2.75, 3.05) is 4.90 Å². The van der Waals surface area contributed by atoms with Gasteiger partial charge in [-0.05, 0) is 104 Å². The first kappa shape index (κ1) is 35.0. The van der Waals surface area contributed by atoms with Crippen molar-refractivity contribution in [3.8, 4) is 27.9 Å². The number of hydrogen-bond acceptors (Lipinski definition) is 1. The Hall–Kier alpha value is -7.94. The summed E-state index contributed by atoms with van der Waals surface area (Å²) < 4.78 is 2.37. The van der Waals surface area contributed by atoms with Crippen LogP contribution in [0.3, 0.4) is 0 Å². The van der Waals surface area contributed by atoms with Crippen LogP contribution >= 0.6 is 0 Å². The fourth-order valence-electron chi connectivity index (χ4n) is 10.2. The summed E-state index contributed by atoms with van der Waals surface area (Å²) in [5, 5.41) is 4.96. The largest absolute Gasteiger partial charge is 0.310 e. The highest BCUT2D eigenvalue weighted by atomic mass is 15.1. The van der Waals surface area contributed by atoms with Crippen LogP contribution in [-0.2, 0) is 5.41 Å². The number of fused-ring (bicyclic) bond motifs is 7. The molecule has 0 amide bonds. The van der Waals surface area contributed by atoms with E-state index in [4.69, 9.17) is 0 Å². The maximum atomic E-state index is 2.44. The van der Waals surface area contributed by atoms with Crippen molar-refractivity contribution in [2.24, 2.45) is 0 Å². The zero-order valence-electron chi connectivity index (χ0n) is 33.5. The minimum Gasteiger partial charge on any atom is -0.310 e. The normalized spacial score (nSPS) is 12.7. The average Bonchev–Trinajstić information content (AvgIpc) is 3.83. The lowest BCUT2D eigenvalue weighted by atomic mass is 9.68. The predicted octanol–water partition coefficient (Wildman–Crippen LogP) is 15.4. The Morgan fingerprint density at radius 2 is 0.852 bits per heavy atom. The van der Waals surface area contributed by atoms with Crippen LogP contribution in [0.2, 0.25) is 0 Å². The van der Waals surface area contributed by atoms with Gasteiger partial charge < -0.3 is 9.47 Å². The molecule has 1 heterocycles. The maximum absolute atomic E-state index is 2.44. The van der Waals surface area contributed by atoms with E-state index >= 15 is 0 Å². The molecule has 0 saturated carbocycles. The number of hydrogen-bond donors (Lipinski definition) is 0. The van der Waals surface area contributed by atoms with Gasteiger partial charge >= 0.3 is 0 Å². The van der Waals surface area contributed by atoms with Gasteiger partial charge in [-0.15, -0.1) is 0 Å². The molecule has 1 aromatic heterocycles. The standard InChI is InChI=1S/C59H40N2/c1-3-18-44(19-4-1)59(45-20-5-2-6-21-45)54-26-12-9-23-50(54)53-40-48(38-39-55(53)59)60(56-29-15-17-43-16-7-8-22-49(43)56)46-34-30-41(31-35-46)42-32-36-47(37-33-42)61-57-27-13-10-24-51(57)52-25-11-14-28-58(52)61/h1-40H. The number of rotatable bonds is 7. The topological polar surface area (TPSA) is 8.17 Å². The molecule has 0 aliphatic heterocycles. The van der Waals surface area contributed by atoms with Crippen LogP contribution in [0.15, 0.2) is 243 Å². The minimum absolute atomic E-state index is 0.448.